The minimum absolute atomic E-state index is 0.0191. The molecule has 0 atom stereocenters. The number of nitrogens with zero attached hydrogens (tertiary/aromatic N) is 3. The Hall–Kier alpha value is -3.78. The normalized spacial score (nSPS) is 10.7. The molecule has 144 valence electrons. The van der Waals surface area contributed by atoms with Gasteiger partial charge in [0.15, 0.2) is 10.6 Å². The van der Waals surface area contributed by atoms with Crippen LogP contribution in [-0.4, -0.2) is 19.7 Å². The predicted octanol–water partition coefficient (Wildman–Crippen LogP) is 5.61. The number of H-pyrrole nitrogens is 1. The van der Waals surface area contributed by atoms with Gasteiger partial charge in [-0.1, -0.05) is 29.8 Å². The second-order valence-electron chi connectivity index (χ2n) is 6.40. The van der Waals surface area contributed by atoms with Crippen molar-refractivity contribution in [2.24, 2.45) is 0 Å². The van der Waals surface area contributed by atoms with E-state index in [4.69, 9.17) is 17.0 Å². The number of aromatic nitrogens is 3. The van der Waals surface area contributed by atoms with Crippen molar-refractivity contribution in [1.29, 1.82) is 0 Å². The second-order valence-corrected chi connectivity index (χ2v) is 6.79. The van der Waals surface area contributed by atoms with Crippen molar-refractivity contribution in [2.45, 2.75) is 6.92 Å². The zero-order valence-corrected chi connectivity index (χ0v) is 16.2. The van der Waals surface area contributed by atoms with E-state index in [0.29, 0.717) is 16.3 Å². The highest BCUT2D eigenvalue weighted by molar-refractivity contribution is 7.71. The molecule has 0 aliphatic carbocycles. The lowest BCUT2D eigenvalue weighted by atomic mass is 10.1. The summed E-state index contributed by atoms with van der Waals surface area (Å²) in [7, 11) is 0. The predicted molar refractivity (Wildman–Crippen MR) is 112 cm³/mol. The van der Waals surface area contributed by atoms with E-state index in [9.17, 15) is 10.1 Å². The van der Waals surface area contributed by atoms with E-state index >= 15 is 0 Å². The van der Waals surface area contributed by atoms with E-state index in [1.165, 1.54) is 17.7 Å². The molecule has 4 aromatic rings. The zero-order chi connectivity index (χ0) is 20.4. The first-order valence-corrected chi connectivity index (χ1v) is 9.19. The fourth-order valence-corrected chi connectivity index (χ4v) is 3.11. The van der Waals surface area contributed by atoms with Crippen LogP contribution in [0.3, 0.4) is 0 Å². The van der Waals surface area contributed by atoms with Gasteiger partial charge in [-0.25, -0.2) is 0 Å². The monoisotopic (exact) mass is 404 g/mol. The molecule has 4 rings (SSSR count). The van der Waals surface area contributed by atoms with Gasteiger partial charge in [0.1, 0.15) is 11.5 Å². The SMILES string of the molecule is Cc1ccc(-c2n[nH]c(=S)n2-c2ccc(Oc3ccc([N+](=O)[O-])cc3)cc2)cc1. The molecular weight excluding hydrogens is 388 g/mol. The topological polar surface area (TPSA) is 86.0 Å². The highest BCUT2D eigenvalue weighted by Crippen LogP contribution is 2.27. The van der Waals surface area contributed by atoms with Crippen LogP contribution in [0, 0.1) is 21.8 Å². The van der Waals surface area contributed by atoms with Crippen molar-refractivity contribution < 1.29 is 9.66 Å². The fourth-order valence-electron chi connectivity index (χ4n) is 2.87. The molecule has 0 saturated carbocycles. The van der Waals surface area contributed by atoms with Crippen LogP contribution in [-0.2, 0) is 0 Å². The summed E-state index contributed by atoms with van der Waals surface area (Å²) in [5.41, 5.74) is 2.98. The van der Waals surface area contributed by atoms with Crippen LogP contribution in [0.5, 0.6) is 11.5 Å². The molecule has 0 radical (unpaired) electrons. The molecule has 0 amide bonds. The summed E-state index contributed by atoms with van der Waals surface area (Å²) in [5, 5.41) is 18.0. The summed E-state index contributed by atoms with van der Waals surface area (Å²) < 4.78 is 8.11. The maximum atomic E-state index is 10.7. The van der Waals surface area contributed by atoms with Crippen LogP contribution in [0.4, 0.5) is 5.69 Å². The van der Waals surface area contributed by atoms with Gasteiger partial charge in [0.25, 0.3) is 5.69 Å². The van der Waals surface area contributed by atoms with E-state index in [1.54, 1.807) is 12.1 Å². The summed E-state index contributed by atoms with van der Waals surface area (Å²) in [6, 6.07) is 21.4. The molecule has 0 unspecified atom stereocenters. The summed E-state index contributed by atoms with van der Waals surface area (Å²) in [4.78, 5) is 10.3. The molecule has 7 nitrogen and oxygen atoms in total. The Balaban J connectivity index is 1.60. The third-order valence-electron chi connectivity index (χ3n) is 4.36. The number of aromatic amines is 1. The van der Waals surface area contributed by atoms with Gasteiger partial charge in [0.2, 0.25) is 0 Å². The number of ether oxygens (including phenoxy) is 1. The molecule has 0 aliphatic heterocycles. The van der Waals surface area contributed by atoms with Crippen LogP contribution < -0.4 is 4.74 Å². The minimum Gasteiger partial charge on any atom is -0.457 e. The molecule has 3 aromatic carbocycles. The number of hydrogen-bond acceptors (Lipinski definition) is 5. The smallest absolute Gasteiger partial charge is 0.269 e. The molecule has 1 aromatic heterocycles. The number of rotatable bonds is 5. The molecule has 0 bridgehead atoms. The highest BCUT2D eigenvalue weighted by Gasteiger charge is 2.11. The molecule has 1 N–H and O–H groups in total. The number of aryl methyl sites for hydroxylation is 1. The Morgan fingerprint density at radius 1 is 0.966 bits per heavy atom. The summed E-state index contributed by atoms with van der Waals surface area (Å²) in [6.45, 7) is 2.03. The van der Waals surface area contributed by atoms with Crippen LogP contribution in [0.25, 0.3) is 17.1 Å². The number of nitrogens with one attached hydrogen (secondary N) is 1. The molecule has 8 heteroatoms. The third kappa shape index (κ3) is 3.92. The number of hydrogen-bond donors (Lipinski definition) is 1. The van der Waals surface area contributed by atoms with Gasteiger partial charge in [-0.3, -0.25) is 19.8 Å². The minimum atomic E-state index is -0.446. The number of benzene rings is 3. The van der Waals surface area contributed by atoms with Crippen molar-refractivity contribution >= 4 is 17.9 Å². The van der Waals surface area contributed by atoms with Crippen molar-refractivity contribution in [1.82, 2.24) is 14.8 Å². The molecule has 0 fully saturated rings. The lowest BCUT2D eigenvalue weighted by Gasteiger charge is -2.09. The zero-order valence-electron chi connectivity index (χ0n) is 15.4. The Bertz CT molecular complexity index is 1210. The summed E-state index contributed by atoms with van der Waals surface area (Å²) >= 11 is 5.41. The van der Waals surface area contributed by atoms with Crippen molar-refractivity contribution in [3.05, 3.63) is 93.2 Å². The average molecular weight is 404 g/mol. The van der Waals surface area contributed by atoms with Gasteiger partial charge < -0.3 is 4.74 Å². The molecule has 1 heterocycles. The van der Waals surface area contributed by atoms with Gasteiger partial charge in [0, 0.05) is 17.7 Å². The Kier molecular flexibility index (Phi) is 4.92. The van der Waals surface area contributed by atoms with Crippen LogP contribution in [0.15, 0.2) is 72.8 Å². The van der Waals surface area contributed by atoms with Gasteiger partial charge in [-0.05, 0) is 55.5 Å². The first-order valence-electron chi connectivity index (χ1n) is 8.78. The fraction of sp³-hybridized carbons (Fsp3) is 0.0476. The van der Waals surface area contributed by atoms with Gasteiger partial charge >= 0.3 is 0 Å². The maximum Gasteiger partial charge on any atom is 0.269 e. The van der Waals surface area contributed by atoms with Gasteiger partial charge in [-0.2, -0.15) is 5.10 Å². The molecule has 0 spiro atoms. The van der Waals surface area contributed by atoms with Crippen LogP contribution in [0.2, 0.25) is 0 Å². The highest BCUT2D eigenvalue weighted by atomic mass is 32.1. The van der Waals surface area contributed by atoms with E-state index < -0.39 is 4.92 Å². The second kappa shape index (κ2) is 7.69. The van der Waals surface area contributed by atoms with E-state index in [0.717, 1.165) is 17.1 Å². The quantitative estimate of drug-likeness (QED) is 0.266. The summed E-state index contributed by atoms with van der Waals surface area (Å²) in [5.74, 6) is 1.84. The lowest BCUT2D eigenvalue weighted by Crippen LogP contribution is -1.98. The van der Waals surface area contributed by atoms with Crippen LogP contribution >= 0.6 is 12.2 Å². The first kappa shape index (κ1) is 18.6. The van der Waals surface area contributed by atoms with Crippen molar-refractivity contribution in [3.63, 3.8) is 0 Å². The molecular formula is C21H16N4O3S. The van der Waals surface area contributed by atoms with E-state index in [1.807, 2.05) is 60.0 Å². The van der Waals surface area contributed by atoms with Gasteiger partial charge in [-0.15, -0.1) is 0 Å². The van der Waals surface area contributed by atoms with Crippen molar-refractivity contribution in [3.8, 4) is 28.6 Å². The number of nitro groups is 1. The Labute approximate surface area is 171 Å². The molecule has 0 aliphatic rings. The number of non-ortho nitro benzene ring substituents is 1. The summed E-state index contributed by atoms with van der Waals surface area (Å²) in [6.07, 6.45) is 0. The number of nitro benzene ring substituents is 1. The van der Waals surface area contributed by atoms with E-state index in [-0.39, 0.29) is 5.69 Å². The largest absolute Gasteiger partial charge is 0.457 e. The Morgan fingerprint density at radius 3 is 2.14 bits per heavy atom. The molecule has 29 heavy (non-hydrogen) atoms. The third-order valence-corrected chi connectivity index (χ3v) is 4.63. The maximum absolute atomic E-state index is 10.7. The van der Waals surface area contributed by atoms with Crippen molar-refractivity contribution in [2.75, 3.05) is 0 Å². The van der Waals surface area contributed by atoms with Gasteiger partial charge in [0.05, 0.1) is 10.6 Å². The molecule has 0 saturated heterocycles. The first-order chi connectivity index (χ1) is 14.0. The lowest BCUT2D eigenvalue weighted by molar-refractivity contribution is -0.384. The standard InChI is InChI=1S/C21H16N4O3S/c1-14-2-4-15(5-3-14)20-22-23-21(29)24(20)16-6-10-18(11-7-16)28-19-12-8-17(9-13-19)25(26)27/h2-13H,1H3,(H,23,29). The van der Waals surface area contributed by atoms with E-state index in [2.05, 4.69) is 10.2 Å². The van der Waals surface area contributed by atoms with Crippen LogP contribution in [0.1, 0.15) is 5.56 Å². The average Bonchev–Trinajstić information content (AvgIpc) is 3.11. The Morgan fingerprint density at radius 2 is 1.55 bits per heavy atom.